The Bertz CT molecular complexity index is 128. The molecule has 0 spiro atoms. The number of nitrogens with one attached hydrogen (secondary N) is 2. The molecule has 0 radical (unpaired) electrons. The van der Waals surface area contributed by atoms with Crippen LogP contribution in [0.3, 0.4) is 0 Å². The lowest BCUT2D eigenvalue weighted by Crippen LogP contribution is -2.27. The summed E-state index contributed by atoms with van der Waals surface area (Å²) in [7, 11) is 0. The number of hydrogen-bond acceptors (Lipinski definition) is 3. The van der Waals surface area contributed by atoms with E-state index in [1.165, 1.54) is 11.8 Å². The minimum absolute atomic E-state index is 0.0551. The molecule has 0 atom stereocenters. The van der Waals surface area contributed by atoms with Gasteiger partial charge in [0, 0.05) is 12.6 Å². The molecule has 2 N–H and O–H groups in total. The van der Waals surface area contributed by atoms with Crippen molar-refractivity contribution in [2.75, 3.05) is 19.3 Å². The van der Waals surface area contributed by atoms with Crippen molar-refractivity contribution in [3.8, 4) is 0 Å². The minimum Gasteiger partial charge on any atom is -0.347 e. The van der Waals surface area contributed by atoms with Crippen molar-refractivity contribution < 1.29 is 4.79 Å². The molecule has 0 aromatic heterocycles. The van der Waals surface area contributed by atoms with Crippen LogP contribution in [0.4, 0.5) is 4.79 Å². The molecule has 0 aliphatic rings. The third-order valence-corrected chi connectivity index (χ3v) is 1.88. The summed E-state index contributed by atoms with van der Waals surface area (Å²) in [6.07, 6.45) is 2.77. The van der Waals surface area contributed by atoms with Crippen molar-refractivity contribution >= 4 is 17.0 Å². The van der Waals surface area contributed by atoms with Crippen LogP contribution in [0.25, 0.3) is 0 Å². The zero-order valence-corrected chi connectivity index (χ0v) is 8.83. The molecule has 72 valence electrons. The molecule has 12 heavy (non-hydrogen) atoms. The number of carbonyl (C=O) groups is 1. The van der Waals surface area contributed by atoms with Crippen molar-refractivity contribution in [1.29, 1.82) is 0 Å². The molecule has 0 aromatic carbocycles. The summed E-state index contributed by atoms with van der Waals surface area (Å²) in [5.74, 6) is 0. The fraction of sp³-hybridized carbons (Fsp3) is 0.875. The summed E-state index contributed by atoms with van der Waals surface area (Å²) in [5, 5.41) is 6.12. The highest BCUT2D eigenvalue weighted by Gasteiger charge is 1.95. The predicted octanol–water partition coefficient (Wildman–Crippen LogP) is 1.45. The van der Waals surface area contributed by atoms with E-state index in [0.29, 0.717) is 6.04 Å². The Labute approximate surface area is 78.7 Å². The molecule has 1 amide bonds. The van der Waals surface area contributed by atoms with Crippen molar-refractivity contribution in [1.82, 2.24) is 10.6 Å². The second-order valence-corrected chi connectivity index (χ2v) is 3.66. The van der Waals surface area contributed by atoms with Crippen LogP contribution in [0.5, 0.6) is 0 Å². The lowest BCUT2D eigenvalue weighted by atomic mass is 10.3. The number of carbonyl (C=O) groups excluding carboxylic acids is 1. The van der Waals surface area contributed by atoms with E-state index >= 15 is 0 Å². The Morgan fingerprint density at radius 2 is 2.08 bits per heavy atom. The maximum Gasteiger partial charge on any atom is 0.278 e. The monoisotopic (exact) mass is 190 g/mol. The second kappa shape index (κ2) is 7.43. The number of thioether (sulfide) groups is 1. The molecule has 0 aromatic rings. The van der Waals surface area contributed by atoms with E-state index in [1.54, 1.807) is 6.26 Å². The highest BCUT2D eigenvalue weighted by atomic mass is 32.2. The van der Waals surface area contributed by atoms with Gasteiger partial charge in [0.2, 0.25) is 0 Å². The van der Waals surface area contributed by atoms with E-state index in [1.807, 2.05) is 0 Å². The van der Waals surface area contributed by atoms with E-state index in [9.17, 15) is 4.79 Å². The van der Waals surface area contributed by atoms with Crippen molar-refractivity contribution in [2.24, 2.45) is 0 Å². The normalized spacial score (nSPS) is 10.3. The van der Waals surface area contributed by atoms with Gasteiger partial charge in [-0.3, -0.25) is 4.79 Å². The van der Waals surface area contributed by atoms with Gasteiger partial charge in [0.05, 0.1) is 0 Å². The molecule has 0 bridgehead atoms. The first kappa shape index (κ1) is 11.8. The summed E-state index contributed by atoms with van der Waals surface area (Å²) in [5.41, 5.74) is 0. The molecular weight excluding hydrogens is 172 g/mol. The Kier molecular flexibility index (Phi) is 7.29. The van der Waals surface area contributed by atoms with Gasteiger partial charge < -0.3 is 10.6 Å². The molecule has 0 saturated heterocycles. The molecule has 0 saturated carbocycles. The van der Waals surface area contributed by atoms with Gasteiger partial charge in [-0.1, -0.05) is 25.6 Å². The van der Waals surface area contributed by atoms with Crippen LogP contribution in [-0.4, -0.2) is 30.6 Å². The largest absolute Gasteiger partial charge is 0.347 e. The molecule has 0 heterocycles. The number of rotatable bonds is 5. The van der Waals surface area contributed by atoms with Crippen molar-refractivity contribution in [2.45, 2.75) is 26.3 Å². The van der Waals surface area contributed by atoms with Crippen LogP contribution in [0.1, 0.15) is 20.3 Å². The first-order valence-corrected chi connectivity index (χ1v) is 5.44. The fourth-order valence-electron chi connectivity index (χ4n) is 0.742. The van der Waals surface area contributed by atoms with E-state index < -0.39 is 0 Å². The zero-order chi connectivity index (χ0) is 9.40. The zero-order valence-electron chi connectivity index (χ0n) is 8.02. The average Bonchev–Trinajstić information content (AvgIpc) is 2.03. The molecule has 3 nitrogen and oxygen atoms in total. The number of amides is 1. The summed E-state index contributed by atoms with van der Waals surface area (Å²) in [6.45, 7) is 5.95. The standard InChI is InChI=1S/C8H18N2OS/c1-7(2)9-5-4-6-10-8(11)12-3/h7,9H,4-6H2,1-3H3,(H,10,11). The minimum atomic E-state index is 0.0551. The van der Waals surface area contributed by atoms with Gasteiger partial charge in [0.1, 0.15) is 0 Å². The Morgan fingerprint density at radius 3 is 2.58 bits per heavy atom. The highest BCUT2D eigenvalue weighted by Crippen LogP contribution is 1.91. The van der Waals surface area contributed by atoms with E-state index in [2.05, 4.69) is 24.5 Å². The average molecular weight is 190 g/mol. The first-order chi connectivity index (χ1) is 5.66. The van der Waals surface area contributed by atoms with Crippen LogP contribution in [-0.2, 0) is 0 Å². The quantitative estimate of drug-likeness (QED) is 0.645. The van der Waals surface area contributed by atoms with E-state index in [0.717, 1.165) is 19.5 Å². The fourth-order valence-corrected chi connectivity index (χ4v) is 0.988. The lowest BCUT2D eigenvalue weighted by molar-refractivity contribution is 0.260. The topological polar surface area (TPSA) is 41.1 Å². The highest BCUT2D eigenvalue weighted by molar-refractivity contribution is 8.12. The van der Waals surface area contributed by atoms with Gasteiger partial charge in [-0.15, -0.1) is 0 Å². The summed E-state index contributed by atoms with van der Waals surface area (Å²) in [6, 6.07) is 0.529. The summed E-state index contributed by atoms with van der Waals surface area (Å²) in [4.78, 5) is 10.7. The van der Waals surface area contributed by atoms with E-state index in [4.69, 9.17) is 0 Å². The molecule has 0 aliphatic heterocycles. The molecular formula is C8H18N2OS. The van der Waals surface area contributed by atoms with Gasteiger partial charge in [-0.2, -0.15) is 0 Å². The molecule has 4 heteroatoms. The summed E-state index contributed by atoms with van der Waals surface area (Å²) >= 11 is 1.22. The van der Waals surface area contributed by atoms with Crippen LogP contribution in [0.2, 0.25) is 0 Å². The Hall–Kier alpha value is -0.220. The molecule has 0 unspecified atom stereocenters. The van der Waals surface area contributed by atoms with Gasteiger partial charge in [0.25, 0.3) is 5.24 Å². The lowest BCUT2D eigenvalue weighted by Gasteiger charge is -2.07. The molecule has 0 aliphatic carbocycles. The van der Waals surface area contributed by atoms with Crippen LogP contribution in [0.15, 0.2) is 0 Å². The van der Waals surface area contributed by atoms with Crippen LogP contribution >= 0.6 is 11.8 Å². The number of hydrogen-bond donors (Lipinski definition) is 2. The Balaban J connectivity index is 3.05. The SMILES string of the molecule is CSC(=O)NCCCNC(C)C. The third kappa shape index (κ3) is 7.88. The predicted molar refractivity (Wildman–Crippen MR) is 54.7 cm³/mol. The molecule has 0 fully saturated rings. The van der Waals surface area contributed by atoms with Crippen LogP contribution < -0.4 is 10.6 Å². The van der Waals surface area contributed by atoms with Gasteiger partial charge in [-0.25, -0.2) is 0 Å². The van der Waals surface area contributed by atoms with Crippen molar-refractivity contribution in [3.63, 3.8) is 0 Å². The maximum atomic E-state index is 10.7. The van der Waals surface area contributed by atoms with Crippen molar-refractivity contribution in [3.05, 3.63) is 0 Å². The summed E-state index contributed by atoms with van der Waals surface area (Å²) < 4.78 is 0. The van der Waals surface area contributed by atoms with Gasteiger partial charge in [-0.05, 0) is 19.2 Å². The van der Waals surface area contributed by atoms with Crippen LogP contribution in [0, 0.1) is 0 Å². The van der Waals surface area contributed by atoms with Gasteiger partial charge in [0.15, 0.2) is 0 Å². The maximum absolute atomic E-state index is 10.7. The van der Waals surface area contributed by atoms with Gasteiger partial charge >= 0.3 is 0 Å². The third-order valence-electron chi connectivity index (χ3n) is 1.36. The second-order valence-electron chi connectivity index (χ2n) is 2.88. The smallest absolute Gasteiger partial charge is 0.278 e. The first-order valence-electron chi connectivity index (χ1n) is 4.22. The van der Waals surface area contributed by atoms with E-state index in [-0.39, 0.29) is 5.24 Å². The molecule has 0 rings (SSSR count). The Morgan fingerprint density at radius 1 is 1.42 bits per heavy atom.